The summed E-state index contributed by atoms with van der Waals surface area (Å²) in [6.45, 7) is 4.05. The lowest BCUT2D eigenvalue weighted by Gasteiger charge is -2.30. The van der Waals surface area contributed by atoms with E-state index in [1.165, 1.54) is 16.9 Å². The van der Waals surface area contributed by atoms with Crippen LogP contribution in [0.3, 0.4) is 0 Å². The third kappa shape index (κ3) is 1.92. The van der Waals surface area contributed by atoms with Gasteiger partial charge < -0.3 is 10.6 Å². The number of nitrogen functional groups attached to an aromatic ring is 1. The fraction of sp³-hybridized carbons (Fsp3) is 0.643. The lowest BCUT2D eigenvalue weighted by molar-refractivity contribution is 0.0698. The van der Waals surface area contributed by atoms with Gasteiger partial charge in [-0.15, -0.1) is 11.3 Å². The minimum absolute atomic E-state index is 0.179. The maximum atomic E-state index is 12.6. The SMILES string of the molecule is CC1CCN(C(=O)c2c(N)sc3c2CCC3)CC1. The van der Waals surface area contributed by atoms with Crippen LogP contribution in [0.15, 0.2) is 0 Å². The van der Waals surface area contributed by atoms with Gasteiger partial charge in [-0.3, -0.25) is 4.79 Å². The minimum Gasteiger partial charge on any atom is -0.390 e. The second-order valence-electron chi connectivity index (χ2n) is 5.57. The number of carbonyl (C=O) groups is 1. The molecule has 1 aromatic rings. The Hall–Kier alpha value is -1.03. The van der Waals surface area contributed by atoms with Gasteiger partial charge in [-0.1, -0.05) is 6.92 Å². The molecule has 3 nitrogen and oxygen atoms in total. The summed E-state index contributed by atoms with van der Waals surface area (Å²) in [6, 6.07) is 0. The smallest absolute Gasteiger partial charge is 0.257 e. The molecule has 0 radical (unpaired) electrons. The molecule has 2 N–H and O–H groups in total. The predicted octanol–water partition coefficient (Wildman–Crippen LogP) is 2.69. The number of nitrogens with zero attached hydrogens (tertiary/aromatic N) is 1. The first-order chi connectivity index (χ1) is 8.66. The highest BCUT2D eigenvalue weighted by Crippen LogP contribution is 2.38. The van der Waals surface area contributed by atoms with E-state index in [1.54, 1.807) is 11.3 Å². The van der Waals surface area contributed by atoms with E-state index in [-0.39, 0.29) is 5.91 Å². The van der Waals surface area contributed by atoms with Crippen LogP contribution < -0.4 is 5.73 Å². The van der Waals surface area contributed by atoms with Crippen molar-refractivity contribution in [1.82, 2.24) is 4.90 Å². The van der Waals surface area contributed by atoms with E-state index in [4.69, 9.17) is 5.73 Å². The average molecular weight is 264 g/mol. The molecule has 1 saturated heterocycles. The number of hydrogen-bond donors (Lipinski definition) is 1. The van der Waals surface area contributed by atoms with Gasteiger partial charge in [0.25, 0.3) is 5.91 Å². The van der Waals surface area contributed by atoms with Crippen molar-refractivity contribution in [3.8, 4) is 0 Å². The van der Waals surface area contributed by atoms with Gasteiger partial charge in [0.2, 0.25) is 0 Å². The first-order valence-corrected chi connectivity index (χ1v) is 7.67. The van der Waals surface area contributed by atoms with Crippen LogP contribution in [0.25, 0.3) is 0 Å². The molecule has 1 amide bonds. The maximum absolute atomic E-state index is 12.6. The van der Waals surface area contributed by atoms with Crippen LogP contribution in [0.1, 0.15) is 47.0 Å². The molecule has 1 aromatic heterocycles. The normalized spacial score (nSPS) is 20.2. The summed E-state index contributed by atoms with van der Waals surface area (Å²) in [5, 5.41) is 0.739. The van der Waals surface area contributed by atoms with Crippen LogP contribution in [0.5, 0.6) is 0 Å². The van der Waals surface area contributed by atoms with Crippen LogP contribution in [-0.2, 0) is 12.8 Å². The Bertz CT molecular complexity index is 472. The zero-order valence-corrected chi connectivity index (χ0v) is 11.7. The third-order valence-electron chi connectivity index (χ3n) is 4.23. The molecule has 0 spiro atoms. The van der Waals surface area contributed by atoms with Crippen molar-refractivity contribution in [2.24, 2.45) is 5.92 Å². The van der Waals surface area contributed by atoms with Gasteiger partial charge in [-0.25, -0.2) is 0 Å². The van der Waals surface area contributed by atoms with Crippen LogP contribution in [0.2, 0.25) is 0 Å². The first kappa shape index (κ1) is 12.0. The molecule has 0 bridgehead atoms. The molecule has 2 aliphatic rings. The van der Waals surface area contributed by atoms with E-state index >= 15 is 0 Å². The van der Waals surface area contributed by atoms with Crippen molar-refractivity contribution < 1.29 is 4.79 Å². The van der Waals surface area contributed by atoms with E-state index in [0.29, 0.717) is 0 Å². The van der Waals surface area contributed by atoms with Crippen molar-refractivity contribution in [2.75, 3.05) is 18.8 Å². The molecule has 4 heteroatoms. The topological polar surface area (TPSA) is 46.3 Å². The fourth-order valence-electron chi connectivity index (χ4n) is 3.03. The molecule has 3 rings (SSSR count). The van der Waals surface area contributed by atoms with Crippen LogP contribution in [0, 0.1) is 5.92 Å². The summed E-state index contributed by atoms with van der Waals surface area (Å²) in [7, 11) is 0. The summed E-state index contributed by atoms with van der Waals surface area (Å²) < 4.78 is 0. The Morgan fingerprint density at radius 1 is 1.33 bits per heavy atom. The Morgan fingerprint density at radius 3 is 2.78 bits per heavy atom. The van der Waals surface area contributed by atoms with Crippen LogP contribution >= 0.6 is 11.3 Å². The minimum atomic E-state index is 0.179. The van der Waals surface area contributed by atoms with E-state index < -0.39 is 0 Å². The monoisotopic (exact) mass is 264 g/mol. The number of rotatable bonds is 1. The second-order valence-corrected chi connectivity index (χ2v) is 6.71. The highest BCUT2D eigenvalue weighted by atomic mass is 32.1. The summed E-state index contributed by atoms with van der Waals surface area (Å²) in [4.78, 5) is 15.9. The molecular weight excluding hydrogens is 244 g/mol. The number of hydrogen-bond acceptors (Lipinski definition) is 3. The molecule has 1 aliphatic carbocycles. The van der Waals surface area contributed by atoms with Crippen molar-refractivity contribution >= 4 is 22.2 Å². The highest BCUT2D eigenvalue weighted by molar-refractivity contribution is 7.16. The quantitative estimate of drug-likeness (QED) is 0.847. The number of nitrogens with two attached hydrogens (primary N) is 1. The highest BCUT2D eigenvalue weighted by Gasteiger charge is 2.29. The molecule has 0 atom stereocenters. The number of amides is 1. The third-order valence-corrected chi connectivity index (χ3v) is 5.35. The Morgan fingerprint density at radius 2 is 2.06 bits per heavy atom. The molecule has 0 unspecified atom stereocenters. The lowest BCUT2D eigenvalue weighted by atomic mass is 9.98. The van der Waals surface area contributed by atoms with Gasteiger partial charge in [-0.05, 0) is 43.6 Å². The van der Waals surface area contributed by atoms with E-state index in [0.717, 1.165) is 55.3 Å². The molecule has 0 saturated carbocycles. The number of anilines is 1. The van der Waals surface area contributed by atoms with Gasteiger partial charge in [0.1, 0.15) is 0 Å². The van der Waals surface area contributed by atoms with Crippen molar-refractivity contribution in [3.05, 3.63) is 16.0 Å². The summed E-state index contributed by atoms with van der Waals surface area (Å²) >= 11 is 1.63. The van der Waals surface area contributed by atoms with Crippen molar-refractivity contribution in [2.45, 2.75) is 39.0 Å². The molecular formula is C14H20N2OS. The second kappa shape index (κ2) is 4.57. The Balaban J connectivity index is 1.84. The van der Waals surface area contributed by atoms with Gasteiger partial charge in [0.05, 0.1) is 10.6 Å². The number of likely N-dealkylation sites (tertiary alicyclic amines) is 1. The first-order valence-electron chi connectivity index (χ1n) is 6.86. The Labute approximate surface area is 112 Å². The average Bonchev–Trinajstić information content (AvgIpc) is 2.89. The van der Waals surface area contributed by atoms with E-state index in [1.807, 2.05) is 4.90 Å². The molecule has 1 fully saturated rings. The van der Waals surface area contributed by atoms with Gasteiger partial charge in [-0.2, -0.15) is 0 Å². The number of aryl methyl sites for hydroxylation is 1. The standard InChI is InChI=1S/C14H20N2OS/c1-9-5-7-16(8-6-9)14(17)12-10-3-2-4-11(10)18-13(12)15/h9H,2-8,15H2,1H3. The predicted molar refractivity (Wildman–Crippen MR) is 75.1 cm³/mol. The molecule has 2 heterocycles. The fourth-order valence-corrected chi connectivity index (χ4v) is 4.18. The van der Waals surface area contributed by atoms with Crippen LogP contribution in [0.4, 0.5) is 5.00 Å². The largest absolute Gasteiger partial charge is 0.390 e. The Kier molecular flexibility index (Phi) is 3.06. The van der Waals surface area contributed by atoms with Crippen LogP contribution in [-0.4, -0.2) is 23.9 Å². The summed E-state index contributed by atoms with van der Waals surface area (Å²) in [5.41, 5.74) is 8.14. The zero-order chi connectivity index (χ0) is 12.7. The van der Waals surface area contributed by atoms with Gasteiger partial charge >= 0.3 is 0 Å². The number of piperidine rings is 1. The molecule has 0 aromatic carbocycles. The van der Waals surface area contributed by atoms with Crippen molar-refractivity contribution in [1.29, 1.82) is 0 Å². The zero-order valence-electron chi connectivity index (χ0n) is 10.9. The molecule has 1 aliphatic heterocycles. The number of carbonyl (C=O) groups excluding carboxylic acids is 1. The van der Waals surface area contributed by atoms with Gasteiger partial charge in [0.15, 0.2) is 0 Å². The van der Waals surface area contributed by atoms with E-state index in [9.17, 15) is 4.79 Å². The molecule has 18 heavy (non-hydrogen) atoms. The summed E-state index contributed by atoms with van der Waals surface area (Å²) in [6.07, 6.45) is 5.57. The number of thiophene rings is 1. The lowest BCUT2D eigenvalue weighted by Crippen LogP contribution is -2.38. The number of fused-ring (bicyclic) bond motifs is 1. The maximum Gasteiger partial charge on any atom is 0.257 e. The summed E-state index contributed by atoms with van der Waals surface area (Å²) in [5.74, 6) is 0.929. The van der Waals surface area contributed by atoms with E-state index in [2.05, 4.69) is 6.92 Å². The van der Waals surface area contributed by atoms with Gasteiger partial charge in [0, 0.05) is 18.0 Å². The van der Waals surface area contributed by atoms with Crippen molar-refractivity contribution in [3.63, 3.8) is 0 Å². The molecule has 98 valence electrons.